The van der Waals surface area contributed by atoms with Crippen LogP contribution < -0.4 is 4.90 Å². The Morgan fingerprint density at radius 2 is 2.08 bits per heavy atom. The Morgan fingerprint density at radius 1 is 1.25 bits per heavy atom. The topological polar surface area (TPSA) is 86.3 Å². The summed E-state index contributed by atoms with van der Waals surface area (Å²) >= 11 is 0. The Balaban J connectivity index is 1.47. The van der Waals surface area contributed by atoms with Crippen molar-refractivity contribution in [2.24, 2.45) is 0 Å². The van der Waals surface area contributed by atoms with Gasteiger partial charge in [-0.1, -0.05) is 22.5 Å². The van der Waals surface area contributed by atoms with Crippen LogP contribution in [0, 0.1) is 6.92 Å². The van der Waals surface area contributed by atoms with Crippen LogP contribution in [-0.2, 0) is 11.3 Å². The van der Waals surface area contributed by atoms with E-state index in [0.29, 0.717) is 13.1 Å². The highest BCUT2D eigenvalue weighted by atomic mass is 16.6. The highest BCUT2D eigenvalue weighted by molar-refractivity contribution is 5.90. The Bertz CT molecular complexity index is 841. The van der Waals surface area contributed by atoms with Gasteiger partial charge in [0.2, 0.25) is 0 Å². The molecule has 1 saturated heterocycles. The normalized spacial score (nSPS) is 17.3. The van der Waals surface area contributed by atoms with Crippen molar-refractivity contribution in [3.8, 4) is 11.3 Å². The summed E-state index contributed by atoms with van der Waals surface area (Å²) in [5.41, 5.74) is 3.30. The zero-order valence-corrected chi connectivity index (χ0v) is 13.0. The van der Waals surface area contributed by atoms with E-state index in [1.54, 1.807) is 15.6 Å². The number of hydrogen-bond acceptors (Lipinski definition) is 6. The van der Waals surface area contributed by atoms with E-state index in [4.69, 9.17) is 9.26 Å². The minimum atomic E-state index is -0.356. The van der Waals surface area contributed by atoms with Crippen molar-refractivity contribution in [2.75, 3.05) is 11.4 Å². The second kappa shape index (κ2) is 5.80. The third-order valence-corrected chi connectivity index (χ3v) is 3.83. The molecular formula is C16H15N5O3. The second-order valence-corrected chi connectivity index (χ2v) is 5.63. The standard InChI is InChI=1S/C16H15N5O3/c1-11-8-20(19-17-11)9-14-10-21(16(22)24-14)13-4-2-12(3-5-13)15-6-7-23-18-15/h2-8,14H,9-10H2,1H3/t14-/m0/s1. The molecule has 8 heteroatoms. The number of cyclic esters (lactones) is 1. The van der Waals surface area contributed by atoms with Crippen molar-refractivity contribution in [1.82, 2.24) is 20.2 Å². The molecule has 0 saturated carbocycles. The summed E-state index contributed by atoms with van der Waals surface area (Å²) in [5, 5.41) is 11.8. The lowest BCUT2D eigenvalue weighted by Gasteiger charge is -2.13. The van der Waals surface area contributed by atoms with Crippen LogP contribution in [0.5, 0.6) is 0 Å². The summed E-state index contributed by atoms with van der Waals surface area (Å²) < 4.78 is 11.9. The number of nitrogens with zero attached hydrogens (tertiary/aromatic N) is 5. The zero-order chi connectivity index (χ0) is 16.5. The minimum absolute atomic E-state index is 0.256. The van der Waals surface area contributed by atoms with Crippen LogP contribution in [0.25, 0.3) is 11.3 Å². The van der Waals surface area contributed by atoms with Gasteiger partial charge in [-0.25, -0.2) is 9.48 Å². The van der Waals surface area contributed by atoms with Gasteiger partial charge in [0.15, 0.2) is 0 Å². The molecular weight excluding hydrogens is 310 g/mol. The van der Waals surface area contributed by atoms with Crippen molar-refractivity contribution in [1.29, 1.82) is 0 Å². The number of benzene rings is 1. The molecule has 4 rings (SSSR count). The molecule has 1 aromatic carbocycles. The van der Waals surface area contributed by atoms with Gasteiger partial charge in [-0.2, -0.15) is 0 Å². The number of anilines is 1. The summed E-state index contributed by atoms with van der Waals surface area (Å²) in [4.78, 5) is 13.7. The smallest absolute Gasteiger partial charge is 0.414 e. The van der Waals surface area contributed by atoms with Gasteiger partial charge in [0.1, 0.15) is 18.1 Å². The maximum Gasteiger partial charge on any atom is 0.414 e. The molecule has 0 aliphatic carbocycles. The molecule has 1 aliphatic rings. The van der Waals surface area contributed by atoms with Crippen molar-refractivity contribution >= 4 is 11.8 Å². The minimum Gasteiger partial charge on any atom is -0.442 e. The molecule has 0 radical (unpaired) electrons. The number of hydrogen-bond donors (Lipinski definition) is 0. The van der Waals surface area contributed by atoms with Gasteiger partial charge in [0.25, 0.3) is 0 Å². The molecule has 0 bridgehead atoms. The van der Waals surface area contributed by atoms with Gasteiger partial charge in [-0.3, -0.25) is 4.90 Å². The highest BCUT2D eigenvalue weighted by Crippen LogP contribution is 2.25. The van der Waals surface area contributed by atoms with Gasteiger partial charge in [-0.05, 0) is 19.1 Å². The summed E-state index contributed by atoms with van der Waals surface area (Å²) in [6, 6.07) is 9.32. The van der Waals surface area contributed by atoms with Crippen LogP contribution in [-0.4, -0.2) is 38.9 Å². The second-order valence-electron chi connectivity index (χ2n) is 5.63. The first kappa shape index (κ1) is 14.4. The molecule has 3 heterocycles. The molecule has 1 aliphatic heterocycles. The number of rotatable bonds is 4. The van der Waals surface area contributed by atoms with Crippen molar-refractivity contribution in [3.05, 3.63) is 48.5 Å². The third-order valence-electron chi connectivity index (χ3n) is 3.83. The Labute approximate surface area is 137 Å². The van der Waals surface area contributed by atoms with E-state index in [0.717, 1.165) is 22.6 Å². The SMILES string of the molecule is Cc1cn(C[C@H]2CN(c3ccc(-c4ccon4)cc3)C(=O)O2)nn1. The predicted octanol–water partition coefficient (Wildman–Crippen LogP) is 2.27. The first-order valence-corrected chi connectivity index (χ1v) is 7.55. The molecule has 0 unspecified atom stereocenters. The van der Waals surface area contributed by atoms with Crippen LogP contribution in [0.2, 0.25) is 0 Å². The lowest BCUT2D eigenvalue weighted by Crippen LogP contribution is -2.26. The van der Waals surface area contributed by atoms with Crippen LogP contribution in [0.1, 0.15) is 5.69 Å². The van der Waals surface area contributed by atoms with E-state index in [2.05, 4.69) is 15.5 Å². The fourth-order valence-electron chi connectivity index (χ4n) is 2.69. The number of aryl methyl sites for hydroxylation is 1. The molecule has 1 fully saturated rings. The first-order valence-electron chi connectivity index (χ1n) is 7.55. The van der Waals surface area contributed by atoms with E-state index >= 15 is 0 Å². The average Bonchev–Trinajstić information content (AvgIpc) is 3.30. The van der Waals surface area contributed by atoms with Gasteiger partial charge in [-0.15, -0.1) is 5.10 Å². The van der Waals surface area contributed by atoms with E-state index in [1.807, 2.05) is 37.4 Å². The largest absolute Gasteiger partial charge is 0.442 e. The van der Waals surface area contributed by atoms with E-state index in [-0.39, 0.29) is 12.2 Å². The van der Waals surface area contributed by atoms with Crippen molar-refractivity contribution in [3.63, 3.8) is 0 Å². The number of carbonyl (C=O) groups excluding carboxylic acids is 1. The zero-order valence-electron chi connectivity index (χ0n) is 13.0. The highest BCUT2D eigenvalue weighted by Gasteiger charge is 2.32. The Kier molecular flexibility index (Phi) is 3.49. The van der Waals surface area contributed by atoms with Gasteiger partial charge in [0.05, 0.1) is 18.8 Å². The molecule has 2 aromatic heterocycles. The number of amides is 1. The molecule has 122 valence electrons. The van der Waals surface area contributed by atoms with Gasteiger partial charge >= 0.3 is 6.09 Å². The van der Waals surface area contributed by atoms with Crippen molar-refractivity contribution in [2.45, 2.75) is 19.6 Å². The quantitative estimate of drug-likeness (QED) is 0.731. The third kappa shape index (κ3) is 2.73. The fourth-order valence-corrected chi connectivity index (χ4v) is 2.69. The summed E-state index contributed by atoms with van der Waals surface area (Å²) in [7, 11) is 0. The van der Waals surface area contributed by atoms with Crippen molar-refractivity contribution < 1.29 is 14.1 Å². The molecule has 8 nitrogen and oxygen atoms in total. The number of ether oxygens (including phenoxy) is 1. The average molecular weight is 325 g/mol. The Morgan fingerprint density at radius 3 is 2.75 bits per heavy atom. The van der Waals surface area contributed by atoms with E-state index in [1.165, 1.54) is 6.26 Å². The molecule has 3 aromatic rings. The molecule has 1 atom stereocenters. The van der Waals surface area contributed by atoms with Crippen LogP contribution in [0.15, 0.2) is 47.3 Å². The molecule has 0 N–H and O–H groups in total. The fraction of sp³-hybridized carbons (Fsp3) is 0.250. The number of aromatic nitrogens is 4. The maximum atomic E-state index is 12.1. The summed E-state index contributed by atoms with van der Waals surface area (Å²) in [6.45, 7) is 2.83. The lowest BCUT2D eigenvalue weighted by atomic mass is 10.1. The van der Waals surface area contributed by atoms with Gasteiger partial charge < -0.3 is 9.26 Å². The van der Waals surface area contributed by atoms with E-state index < -0.39 is 0 Å². The molecule has 0 spiro atoms. The van der Waals surface area contributed by atoms with E-state index in [9.17, 15) is 4.79 Å². The lowest BCUT2D eigenvalue weighted by molar-refractivity contribution is 0.129. The Hall–Kier alpha value is -3.16. The maximum absolute atomic E-state index is 12.1. The molecule has 24 heavy (non-hydrogen) atoms. The van der Waals surface area contributed by atoms with Crippen LogP contribution >= 0.6 is 0 Å². The predicted molar refractivity (Wildman–Crippen MR) is 84.3 cm³/mol. The van der Waals surface area contributed by atoms with Crippen LogP contribution in [0.4, 0.5) is 10.5 Å². The summed E-state index contributed by atoms with van der Waals surface area (Å²) in [6.07, 6.45) is 2.74. The molecule has 1 amide bonds. The first-order chi connectivity index (χ1) is 11.7. The number of carbonyl (C=O) groups is 1. The summed E-state index contributed by atoms with van der Waals surface area (Å²) in [5.74, 6) is 0. The van der Waals surface area contributed by atoms with Gasteiger partial charge in [0, 0.05) is 23.5 Å². The van der Waals surface area contributed by atoms with Crippen LogP contribution in [0.3, 0.4) is 0 Å². The monoisotopic (exact) mass is 325 g/mol.